The van der Waals surface area contributed by atoms with E-state index in [-0.39, 0.29) is 5.91 Å². The average molecular weight is 293 g/mol. The fourth-order valence-corrected chi connectivity index (χ4v) is 1.91. The lowest BCUT2D eigenvalue weighted by Gasteiger charge is -2.05. The summed E-state index contributed by atoms with van der Waals surface area (Å²) >= 11 is 5.74. The molecule has 1 amide bonds. The van der Waals surface area contributed by atoms with E-state index in [2.05, 4.69) is 20.6 Å². The maximum atomic E-state index is 11.7. The molecule has 2 heterocycles. The molecule has 2 aromatic heterocycles. The van der Waals surface area contributed by atoms with E-state index < -0.39 is 0 Å². The lowest BCUT2D eigenvalue weighted by Crippen LogP contribution is -2.27. The van der Waals surface area contributed by atoms with Gasteiger partial charge >= 0.3 is 0 Å². The lowest BCUT2D eigenvalue weighted by molar-refractivity contribution is 0.0949. The van der Waals surface area contributed by atoms with Gasteiger partial charge in [-0.05, 0) is 30.7 Å². The Morgan fingerprint density at radius 2 is 2.30 bits per heavy atom. The summed E-state index contributed by atoms with van der Waals surface area (Å²) in [5, 5.41) is 6.66. The molecule has 0 bridgehead atoms. The van der Waals surface area contributed by atoms with Gasteiger partial charge in [0.25, 0.3) is 5.91 Å². The molecule has 0 saturated heterocycles. The SMILES string of the molecule is O=C(NCCCNCc1cccnc1)c1cc(Cl)c[nH]1. The number of carbonyl (C=O) groups is 1. The predicted octanol–water partition coefficient (Wildman–Crippen LogP) is 1.97. The summed E-state index contributed by atoms with van der Waals surface area (Å²) < 4.78 is 0. The van der Waals surface area contributed by atoms with Crippen LogP contribution in [0, 0.1) is 0 Å². The van der Waals surface area contributed by atoms with E-state index >= 15 is 0 Å². The number of H-pyrrole nitrogens is 1. The number of nitrogens with zero attached hydrogens (tertiary/aromatic N) is 1. The Kier molecular flexibility index (Phi) is 5.58. The minimum Gasteiger partial charge on any atom is -0.356 e. The third-order valence-electron chi connectivity index (χ3n) is 2.76. The summed E-state index contributed by atoms with van der Waals surface area (Å²) in [6, 6.07) is 5.55. The fraction of sp³-hybridized carbons (Fsp3) is 0.286. The Bertz CT molecular complexity index is 541. The molecule has 0 aliphatic heterocycles. The number of aromatic amines is 1. The highest BCUT2D eigenvalue weighted by Gasteiger charge is 2.06. The molecule has 0 aromatic carbocycles. The quantitative estimate of drug-likeness (QED) is 0.683. The van der Waals surface area contributed by atoms with Gasteiger partial charge in [0.2, 0.25) is 0 Å². The number of pyridine rings is 1. The number of amides is 1. The van der Waals surface area contributed by atoms with Gasteiger partial charge in [-0.15, -0.1) is 0 Å². The topological polar surface area (TPSA) is 69.8 Å². The number of rotatable bonds is 7. The monoisotopic (exact) mass is 292 g/mol. The highest BCUT2D eigenvalue weighted by Crippen LogP contribution is 2.08. The number of nitrogens with one attached hydrogen (secondary N) is 3. The van der Waals surface area contributed by atoms with Crippen LogP contribution in [0.25, 0.3) is 0 Å². The predicted molar refractivity (Wildman–Crippen MR) is 78.7 cm³/mol. The second-order valence-electron chi connectivity index (χ2n) is 4.38. The van der Waals surface area contributed by atoms with Crippen molar-refractivity contribution in [2.45, 2.75) is 13.0 Å². The van der Waals surface area contributed by atoms with Crippen LogP contribution in [0.4, 0.5) is 0 Å². The van der Waals surface area contributed by atoms with E-state index in [1.807, 2.05) is 18.3 Å². The number of hydrogen-bond acceptors (Lipinski definition) is 3. The lowest BCUT2D eigenvalue weighted by atomic mass is 10.3. The molecule has 106 valence electrons. The molecule has 0 spiro atoms. The Balaban J connectivity index is 1.57. The molecule has 0 aliphatic carbocycles. The molecule has 2 rings (SSSR count). The Morgan fingerprint density at radius 1 is 1.40 bits per heavy atom. The molecule has 3 N–H and O–H groups in total. The van der Waals surface area contributed by atoms with E-state index in [9.17, 15) is 4.79 Å². The van der Waals surface area contributed by atoms with Crippen molar-refractivity contribution < 1.29 is 4.79 Å². The highest BCUT2D eigenvalue weighted by atomic mass is 35.5. The Labute approximate surface area is 122 Å². The summed E-state index contributed by atoms with van der Waals surface area (Å²) in [6.45, 7) is 2.24. The summed E-state index contributed by atoms with van der Waals surface area (Å²) in [4.78, 5) is 18.5. The van der Waals surface area contributed by atoms with Crippen molar-refractivity contribution in [2.24, 2.45) is 0 Å². The third-order valence-corrected chi connectivity index (χ3v) is 2.98. The zero-order chi connectivity index (χ0) is 14.2. The summed E-state index contributed by atoms with van der Waals surface area (Å²) in [5.41, 5.74) is 1.64. The van der Waals surface area contributed by atoms with Crippen molar-refractivity contribution in [1.29, 1.82) is 0 Å². The first-order chi connectivity index (χ1) is 9.75. The maximum Gasteiger partial charge on any atom is 0.267 e. The molecule has 0 saturated carbocycles. The van der Waals surface area contributed by atoms with Crippen molar-refractivity contribution in [3.63, 3.8) is 0 Å². The summed E-state index contributed by atoms with van der Waals surface area (Å²) in [7, 11) is 0. The van der Waals surface area contributed by atoms with Gasteiger partial charge in [0.1, 0.15) is 5.69 Å². The molecule has 5 nitrogen and oxygen atoms in total. The van der Waals surface area contributed by atoms with Gasteiger partial charge in [-0.2, -0.15) is 0 Å². The van der Waals surface area contributed by atoms with E-state index in [0.29, 0.717) is 17.3 Å². The van der Waals surface area contributed by atoms with Gasteiger partial charge in [-0.3, -0.25) is 9.78 Å². The van der Waals surface area contributed by atoms with Crippen molar-refractivity contribution in [3.8, 4) is 0 Å². The Morgan fingerprint density at radius 3 is 3.00 bits per heavy atom. The van der Waals surface area contributed by atoms with Crippen LogP contribution in [0.1, 0.15) is 22.5 Å². The van der Waals surface area contributed by atoms with Crippen molar-refractivity contribution in [3.05, 3.63) is 53.1 Å². The molecule has 6 heteroatoms. The molecule has 0 radical (unpaired) electrons. The van der Waals surface area contributed by atoms with Gasteiger partial charge in [0.15, 0.2) is 0 Å². The van der Waals surface area contributed by atoms with Crippen LogP contribution in [-0.4, -0.2) is 29.0 Å². The van der Waals surface area contributed by atoms with Gasteiger partial charge in [-0.1, -0.05) is 17.7 Å². The van der Waals surface area contributed by atoms with Crippen LogP contribution in [0.2, 0.25) is 5.02 Å². The molecule has 2 aromatic rings. The normalized spacial score (nSPS) is 10.4. The van der Waals surface area contributed by atoms with Crippen LogP contribution >= 0.6 is 11.6 Å². The smallest absolute Gasteiger partial charge is 0.267 e. The second kappa shape index (κ2) is 7.67. The van der Waals surface area contributed by atoms with E-state index in [4.69, 9.17) is 11.6 Å². The number of aromatic nitrogens is 2. The molecular weight excluding hydrogens is 276 g/mol. The van der Waals surface area contributed by atoms with Crippen LogP contribution in [0.5, 0.6) is 0 Å². The zero-order valence-corrected chi connectivity index (χ0v) is 11.8. The van der Waals surface area contributed by atoms with Crippen molar-refractivity contribution in [1.82, 2.24) is 20.6 Å². The number of carbonyl (C=O) groups excluding carboxylic acids is 1. The van der Waals surface area contributed by atoms with Crippen LogP contribution in [0.15, 0.2) is 36.8 Å². The summed E-state index contributed by atoms with van der Waals surface area (Å²) in [6.07, 6.45) is 6.04. The number of halogens is 1. The average Bonchev–Trinajstić information content (AvgIpc) is 2.90. The highest BCUT2D eigenvalue weighted by molar-refractivity contribution is 6.30. The van der Waals surface area contributed by atoms with Crippen molar-refractivity contribution >= 4 is 17.5 Å². The maximum absolute atomic E-state index is 11.7. The third kappa shape index (κ3) is 4.68. The van der Waals surface area contributed by atoms with Crippen LogP contribution in [0.3, 0.4) is 0 Å². The number of hydrogen-bond donors (Lipinski definition) is 3. The summed E-state index contributed by atoms with van der Waals surface area (Å²) in [5.74, 6) is -0.135. The minimum atomic E-state index is -0.135. The van der Waals surface area contributed by atoms with Gasteiger partial charge in [-0.25, -0.2) is 0 Å². The molecule has 20 heavy (non-hydrogen) atoms. The van der Waals surface area contributed by atoms with Gasteiger partial charge < -0.3 is 15.6 Å². The second-order valence-corrected chi connectivity index (χ2v) is 4.82. The zero-order valence-electron chi connectivity index (χ0n) is 11.0. The van der Waals surface area contributed by atoms with E-state index in [1.165, 1.54) is 0 Å². The first-order valence-electron chi connectivity index (χ1n) is 6.47. The first kappa shape index (κ1) is 14.6. The molecule has 0 unspecified atom stereocenters. The van der Waals surface area contributed by atoms with E-state index in [1.54, 1.807) is 18.5 Å². The molecule has 0 fully saturated rings. The first-order valence-corrected chi connectivity index (χ1v) is 6.85. The van der Waals surface area contributed by atoms with Crippen molar-refractivity contribution in [2.75, 3.05) is 13.1 Å². The van der Waals surface area contributed by atoms with E-state index in [0.717, 1.165) is 25.1 Å². The minimum absolute atomic E-state index is 0.135. The molecule has 0 aliphatic rings. The van der Waals surface area contributed by atoms with Gasteiger partial charge in [0.05, 0.1) is 5.02 Å². The molecule has 0 atom stereocenters. The Hall–Kier alpha value is -1.85. The standard InChI is InChI=1S/C14H17ClN4O/c15-12-7-13(19-10-12)14(20)18-6-2-5-17-9-11-3-1-4-16-8-11/h1,3-4,7-8,10,17,19H,2,5-6,9H2,(H,18,20). The fourth-order valence-electron chi connectivity index (χ4n) is 1.74. The largest absolute Gasteiger partial charge is 0.356 e. The van der Waals surface area contributed by atoms with Gasteiger partial charge in [0, 0.05) is 31.7 Å². The molecular formula is C14H17ClN4O. The van der Waals surface area contributed by atoms with Crippen LogP contribution < -0.4 is 10.6 Å². The van der Waals surface area contributed by atoms with Crippen LogP contribution in [-0.2, 0) is 6.54 Å².